The topological polar surface area (TPSA) is 0 Å². The summed E-state index contributed by atoms with van der Waals surface area (Å²) in [5.74, 6) is -1.79. The SMILES string of the molecule is CCCC1(CC2=Cc3c(-c4cc(C)cc(C)c4)cccc3[CH]2[Zr]([Cl])([Cl])([CH]2C(CC3(CCC)CCCCCCC3)=Cc3c(-c4cc(C)cc(C)c4)cccc32)[SiH](C)C)CCCCCCC1. The fourth-order valence-electron chi connectivity index (χ4n) is 14.4. The van der Waals surface area contributed by atoms with Gasteiger partial charge in [-0.25, -0.2) is 0 Å². The van der Waals surface area contributed by atoms with Gasteiger partial charge >= 0.3 is 402 Å². The number of benzene rings is 4. The molecule has 64 heavy (non-hydrogen) atoms. The Hall–Kier alpha value is -1.96. The van der Waals surface area contributed by atoms with Crippen LogP contribution in [0, 0.1) is 38.5 Å². The molecule has 4 aliphatic carbocycles. The Bertz CT molecular complexity index is 2170. The Labute approximate surface area is 399 Å². The number of hydrogen-bond acceptors (Lipinski definition) is 0. The molecule has 0 heterocycles. The first-order valence-corrected chi connectivity index (χ1v) is 42.4. The Balaban J connectivity index is 1.39. The standard InChI is InChI=1S/2C29H37.C2H7Si.2ClH.Zr/c2*1-4-13-29(14-8-6-5-7-9-15-29)21-24-19-25-11-10-12-27(28(25)20-24)26-17-22(2)16-23(3)18-26;1-3-2;;;/h2*10-12,16-20H,4-9,13-15,21H2,1-3H3;3H,1-2H3;2*1H;/q;;;;;+2/p-2. The van der Waals surface area contributed by atoms with E-state index in [9.17, 15) is 17.0 Å². The van der Waals surface area contributed by atoms with Crippen LogP contribution in [-0.2, 0) is 15.6 Å². The zero-order chi connectivity index (χ0) is 45.3. The monoisotopic (exact) mass is 989 g/mol. The molecule has 0 spiro atoms. The summed E-state index contributed by atoms with van der Waals surface area (Å²) >= 11 is -5.20. The first kappa shape index (κ1) is 48.5. The molecule has 343 valence electrons. The van der Waals surface area contributed by atoms with Crippen LogP contribution in [-0.4, -0.2) is 5.92 Å². The van der Waals surface area contributed by atoms with Gasteiger partial charge in [-0.15, -0.1) is 0 Å². The van der Waals surface area contributed by atoms with Crippen molar-refractivity contribution in [2.45, 2.75) is 190 Å². The molecule has 2 atom stereocenters. The summed E-state index contributed by atoms with van der Waals surface area (Å²) < 4.78 is 0.195. The molecular weight excluding hydrogens is 911 g/mol. The molecule has 0 bridgehead atoms. The van der Waals surface area contributed by atoms with Crippen LogP contribution in [0.1, 0.15) is 194 Å². The second-order valence-corrected chi connectivity index (χ2v) is 65.0. The number of fused-ring (bicyclic) bond motifs is 2. The van der Waals surface area contributed by atoms with Crippen molar-refractivity contribution in [1.82, 2.24) is 0 Å². The van der Waals surface area contributed by atoms with Gasteiger partial charge in [-0.1, -0.05) is 0 Å². The Kier molecular flexibility index (Phi) is 15.1. The maximum atomic E-state index is 9.44. The Morgan fingerprint density at radius 2 is 0.859 bits per heavy atom. The number of allylic oxidation sites excluding steroid dienone is 2. The Morgan fingerprint density at radius 3 is 1.19 bits per heavy atom. The van der Waals surface area contributed by atoms with Crippen molar-refractivity contribution < 1.29 is 15.6 Å². The first-order valence-electron chi connectivity index (χ1n) is 26.1. The number of hydrogen-bond donors (Lipinski definition) is 0. The fourth-order valence-corrected chi connectivity index (χ4v) is 45.7. The van der Waals surface area contributed by atoms with E-state index in [4.69, 9.17) is 0 Å². The van der Waals surface area contributed by atoms with E-state index in [2.05, 4.69) is 140 Å². The molecule has 0 amide bonds. The molecule has 4 heteroatoms. The van der Waals surface area contributed by atoms with Crippen LogP contribution >= 0.6 is 17.0 Å². The summed E-state index contributed by atoms with van der Waals surface area (Å²) in [6.07, 6.45) is 31.7. The summed E-state index contributed by atoms with van der Waals surface area (Å²) in [4.78, 5) is 0. The molecule has 0 aromatic heterocycles. The van der Waals surface area contributed by atoms with Crippen molar-refractivity contribution in [3.05, 3.63) is 128 Å². The second-order valence-electron chi connectivity index (χ2n) is 22.4. The van der Waals surface area contributed by atoms with Crippen molar-refractivity contribution >= 4 is 35.1 Å². The number of halogens is 2. The summed E-state index contributed by atoms with van der Waals surface area (Å²) in [7, 11) is 18.9. The predicted molar refractivity (Wildman–Crippen MR) is 283 cm³/mol. The molecule has 0 radical (unpaired) electrons. The minimum absolute atomic E-state index is 0.0974. The van der Waals surface area contributed by atoms with Crippen LogP contribution in [0.5, 0.6) is 0 Å². The van der Waals surface area contributed by atoms with Crippen LogP contribution < -0.4 is 0 Å². The van der Waals surface area contributed by atoms with E-state index in [0.29, 0.717) is 10.8 Å². The van der Waals surface area contributed by atoms with Gasteiger partial charge in [0.1, 0.15) is 0 Å². The summed E-state index contributed by atoms with van der Waals surface area (Å²) in [5, 5.41) is 0. The summed E-state index contributed by atoms with van der Waals surface area (Å²) in [6, 6.07) is 28.8. The molecule has 4 aliphatic rings. The molecule has 2 unspecified atom stereocenters. The van der Waals surface area contributed by atoms with E-state index in [1.165, 1.54) is 182 Å². The fraction of sp³-hybridized carbons (Fsp3) is 0.533. The van der Waals surface area contributed by atoms with Gasteiger partial charge in [-0.2, -0.15) is 0 Å². The zero-order valence-electron chi connectivity index (χ0n) is 41.2. The molecule has 2 fully saturated rings. The average Bonchev–Trinajstić information content (AvgIpc) is 3.79. The predicted octanol–water partition coefficient (Wildman–Crippen LogP) is 19.7. The zero-order valence-corrected chi connectivity index (χ0v) is 46.3. The van der Waals surface area contributed by atoms with Crippen molar-refractivity contribution in [3.63, 3.8) is 0 Å². The molecule has 4 aromatic rings. The van der Waals surface area contributed by atoms with Crippen molar-refractivity contribution in [1.29, 1.82) is 0 Å². The maximum absolute atomic E-state index is 9.44. The van der Waals surface area contributed by atoms with Gasteiger partial charge < -0.3 is 0 Å². The third-order valence-electron chi connectivity index (χ3n) is 17.1. The van der Waals surface area contributed by atoms with Gasteiger partial charge in [-0.05, 0) is 0 Å². The van der Waals surface area contributed by atoms with Crippen LogP contribution in [0.25, 0.3) is 34.4 Å². The quantitative estimate of drug-likeness (QED) is 0.117. The van der Waals surface area contributed by atoms with Crippen LogP contribution in [0.15, 0.2) is 83.9 Å². The number of aryl methyl sites for hydroxylation is 4. The van der Waals surface area contributed by atoms with Crippen molar-refractivity contribution in [2.24, 2.45) is 10.8 Å². The van der Waals surface area contributed by atoms with E-state index in [1.807, 2.05) is 0 Å². The third kappa shape index (κ3) is 9.55. The van der Waals surface area contributed by atoms with Gasteiger partial charge in [0.2, 0.25) is 0 Å². The first-order chi connectivity index (χ1) is 30.7. The minimum atomic E-state index is -5.20. The van der Waals surface area contributed by atoms with E-state index in [0.717, 1.165) is 12.8 Å². The van der Waals surface area contributed by atoms with Gasteiger partial charge in [0.15, 0.2) is 0 Å². The van der Waals surface area contributed by atoms with Gasteiger partial charge in [0.05, 0.1) is 0 Å². The second kappa shape index (κ2) is 19.9. The molecular formula is C60H81Cl2SiZr. The molecule has 8 rings (SSSR count). The Morgan fingerprint density at radius 1 is 0.516 bits per heavy atom. The van der Waals surface area contributed by atoms with Crippen molar-refractivity contribution in [3.8, 4) is 22.3 Å². The van der Waals surface area contributed by atoms with E-state index in [-0.39, 0.29) is 7.25 Å². The average molecular weight is 993 g/mol. The molecule has 0 saturated heterocycles. The summed E-state index contributed by atoms with van der Waals surface area (Å²) in [6.45, 7) is 19.1. The molecule has 0 nitrogen and oxygen atoms in total. The molecule has 4 aromatic carbocycles. The van der Waals surface area contributed by atoms with Crippen LogP contribution in [0.4, 0.5) is 0 Å². The molecule has 0 aliphatic heterocycles. The van der Waals surface area contributed by atoms with Gasteiger partial charge in [0, 0.05) is 0 Å². The summed E-state index contributed by atoms with van der Waals surface area (Å²) in [5.41, 5.74) is 20.2. The van der Waals surface area contributed by atoms with E-state index in [1.54, 1.807) is 11.1 Å². The van der Waals surface area contributed by atoms with Gasteiger partial charge in [0.25, 0.3) is 0 Å². The molecule has 0 N–H and O–H groups in total. The van der Waals surface area contributed by atoms with E-state index >= 15 is 0 Å². The van der Waals surface area contributed by atoms with E-state index < -0.39 is 21.5 Å². The number of rotatable bonds is 13. The third-order valence-corrected chi connectivity index (χ3v) is 69.0. The normalized spacial score (nSPS) is 21.7. The van der Waals surface area contributed by atoms with Gasteiger partial charge in [-0.3, -0.25) is 0 Å². The van der Waals surface area contributed by atoms with Crippen molar-refractivity contribution in [2.75, 3.05) is 0 Å². The van der Waals surface area contributed by atoms with Crippen LogP contribution in [0.3, 0.4) is 0 Å². The van der Waals surface area contributed by atoms with Crippen LogP contribution in [0.2, 0.25) is 13.1 Å². The molecule has 2 saturated carbocycles.